The first kappa shape index (κ1) is 11.5. The maximum absolute atomic E-state index is 11.1. The molecule has 2 nitrogen and oxygen atoms in total. The van der Waals surface area contributed by atoms with Crippen molar-refractivity contribution in [2.45, 2.75) is 47.1 Å². The van der Waals surface area contributed by atoms with Gasteiger partial charge in [0.25, 0.3) is 0 Å². The summed E-state index contributed by atoms with van der Waals surface area (Å²) in [5.41, 5.74) is 0. The van der Waals surface area contributed by atoms with Gasteiger partial charge in [-0.3, -0.25) is 4.79 Å². The second-order valence-electron chi connectivity index (χ2n) is 3.96. The van der Waals surface area contributed by atoms with Crippen molar-refractivity contribution in [3.8, 4) is 0 Å². The Morgan fingerprint density at radius 2 is 1.67 bits per heavy atom. The van der Waals surface area contributed by atoms with Crippen LogP contribution in [0.2, 0.25) is 0 Å². The topological polar surface area (TPSA) is 26.3 Å². The second-order valence-corrected chi connectivity index (χ2v) is 3.96. The van der Waals surface area contributed by atoms with E-state index in [1.54, 1.807) is 0 Å². The zero-order valence-corrected chi connectivity index (χ0v) is 8.76. The summed E-state index contributed by atoms with van der Waals surface area (Å²) < 4.78 is 5.03. The summed E-state index contributed by atoms with van der Waals surface area (Å²) >= 11 is 0. The Kier molecular flexibility index (Phi) is 4.95. The van der Waals surface area contributed by atoms with Crippen molar-refractivity contribution in [2.24, 2.45) is 11.8 Å². The van der Waals surface area contributed by atoms with Crippen molar-refractivity contribution < 1.29 is 9.53 Å². The minimum atomic E-state index is -0.0776. The summed E-state index contributed by atoms with van der Waals surface area (Å²) in [6, 6.07) is 0. The molecule has 0 aromatic heterocycles. The lowest BCUT2D eigenvalue weighted by Crippen LogP contribution is -2.16. The van der Waals surface area contributed by atoms with Crippen LogP contribution in [0.15, 0.2) is 0 Å². The van der Waals surface area contributed by atoms with E-state index in [2.05, 4.69) is 20.8 Å². The van der Waals surface area contributed by atoms with Crippen LogP contribution in [0.25, 0.3) is 0 Å². The van der Waals surface area contributed by atoms with Crippen LogP contribution in [0.4, 0.5) is 0 Å². The lowest BCUT2D eigenvalue weighted by Gasteiger charge is -2.15. The van der Waals surface area contributed by atoms with E-state index in [1.165, 1.54) is 0 Å². The Balaban J connectivity index is 3.69. The van der Waals surface area contributed by atoms with E-state index in [9.17, 15) is 4.79 Å². The molecule has 1 atom stereocenters. The van der Waals surface area contributed by atoms with E-state index in [1.807, 2.05) is 13.8 Å². The molecular formula is C10H20O2. The van der Waals surface area contributed by atoms with Gasteiger partial charge in [0.05, 0.1) is 6.10 Å². The molecule has 0 radical (unpaired) electrons. The fourth-order valence-electron chi connectivity index (χ4n) is 0.810. The number of hydrogen-bond donors (Lipinski definition) is 0. The molecule has 0 amide bonds. The molecule has 0 unspecified atom stereocenters. The minimum absolute atomic E-state index is 0.0110. The van der Waals surface area contributed by atoms with Gasteiger partial charge in [0.1, 0.15) is 0 Å². The van der Waals surface area contributed by atoms with Gasteiger partial charge in [-0.15, -0.1) is 0 Å². The van der Waals surface area contributed by atoms with Gasteiger partial charge >= 0.3 is 5.97 Å². The average molecular weight is 172 g/mol. The molecule has 0 aromatic rings. The first-order valence-corrected chi connectivity index (χ1v) is 4.63. The fourth-order valence-corrected chi connectivity index (χ4v) is 0.810. The van der Waals surface area contributed by atoms with Gasteiger partial charge in [0.15, 0.2) is 0 Å². The second kappa shape index (κ2) is 5.18. The van der Waals surface area contributed by atoms with Crippen molar-refractivity contribution in [2.75, 3.05) is 0 Å². The third-order valence-electron chi connectivity index (χ3n) is 1.99. The third kappa shape index (κ3) is 5.16. The molecule has 0 aliphatic rings. The lowest BCUT2D eigenvalue weighted by atomic mass is 9.95. The molecular weight excluding hydrogens is 152 g/mol. The molecule has 0 spiro atoms. The molecule has 0 bridgehead atoms. The van der Waals surface area contributed by atoms with E-state index < -0.39 is 0 Å². The molecule has 0 aromatic carbocycles. The lowest BCUT2D eigenvalue weighted by molar-refractivity contribution is -0.148. The monoisotopic (exact) mass is 172 g/mol. The Bertz CT molecular complexity index is 139. The predicted octanol–water partition coefficient (Wildman–Crippen LogP) is 2.62. The summed E-state index contributed by atoms with van der Waals surface area (Å²) in [4.78, 5) is 11.1. The smallest absolute Gasteiger partial charge is 0.306 e. The normalized spacial score (nSPS) is 13.6. The third-order valence-corrected chi connectivity index (χ3v) is 1.99. The Hall–Kier alpha value is -0.530. The van der Waals surface area contributed by atoms with Gasteiger partial charge in [0.2, 0.25) is 0 Å². The van der Waals surface area contributed by atoms with Gasteiger partial charge in [-0.1, -0.05) is 20.8 Å². The molecule has 0 rings (SSSR count). The summed E-state index contributed by atoms with van der Waals surface area (Å²) in [6.45, 7) is 10.1. The molecule has 0 heterocycles. The number of esters is 1. The van der Waals surface area contributed by atoms with Crippen LogP contribution in [0.1, 0.15) is 41.0 Å². The molecule has 72 valence electrons. The van der Waals surface area contributed by atoms with Gasteiger partial charge in [-0.25, -0.2) is 0 Å². The number of hydrogen-bond acceptors (Lipinski definition) is 2. The number of carbonyl (C=O) groups excluding carboxylic acids is 1. The molecule has 0 fully saturated rings. The molecule has 0 aliphatic heterocycles. The Labute approximate surface area is 75.3 Å². The first-order valence-electron chi connectivity index (χ1n) is 4.63. The van der Waals surface area contributed by atoms with Gasteiger partial charge < -0.3 is 4.74 Å². The van der Waals surface area contributed by atoms with Crippen LogP contribution in [-0.2, 0) is 9.53 Å². The molecule has 0 saturated heterocycles. The number of carbonyl (C=O) groups is 1. The highest BCUT2D eigenvalue weighted by atomic mass is 16.5. The SMILES string of the molecule is CC(C)OC(=O)C[C@H](C)C(C)C. The summed E-state index contributed by atoms with van der Waals surface area (Å²) in [7, 11) is 0. The van der Waals surface area contributed by atoms with E-state index in [-0.39, 0.29) is 12.1 Å². The highest BCUT2D eigenvalue weighted by Gasteiger charge is 2.13. The molecule has 0 aliphatic carbocycles. The quantitative estimate of drug-likeness (QED) is 0.609. The molecule has 0 N–H and O–H groups in total. The average Bonchev–Trinajstić information content (AvgIpc) is 1.84. The summed E-state index contributed by atoms with van der Waals surface area (Å²) in [5.74, 6) is 0.882. The highest BCUT2D eigenvalue weighted by molar-refractivity contribution is 5.69. The van der Waals surface area contributed by atoms with Crippen LogP contribution < -0.4 is 0 Å². The van der Waals surface area contributed by atoms with Gasteiger partial charge in [-0.2, -0.15) is 0 Å². The van der Waals surface area contributed by atoms with Crippen LogP contribution in [0, 0.1) is 11.8 Å². The largest absolute Gasteiger partial charge is 0.463 e. The van der Waals surface area contributed by atoms with Crippen LogP contribution in [0.3, 0.4) is 0 Å². The summed E-state index contributed by atoms with van der Waals surface area (Å²) in [5, 5.41) is 0. The molecule has 2 heteroatoms. The van der Waals surface area contributed by atoms with Crippen LogP contribution >= 0.6 is 0 Å². The van der Waals surface area contributed by atoms with Crippen LogP contribution in [-0.4, -0.2) is 12.1 Å². The van der Waals surface area contributed by atoms with E-state index in [4.69, 9.17) is 4.74 Å². The highest BCUT2D eigenvalue weighted by Crippen LogP contribution is 2.14. The first-order chi connectivity index (χ1) is 5.43. The van der Waals surface area contributed by atoms with Crippen LogP contribution in [0.5, 0.6) is 0 Å². The molecule has 0 saturated carbocycles. The van der Waals surface area contributed by atoms with Gasteiger partial charge in [-0.05, 0) is 25.7 Å². The minimum Gasteiger partial charge on any atom is -0.463 e. The standard InChI is InChI=1S/C10H20O2/c1-7(2)9(5)6-10(11)12-8(3)4/h7-9H,6H2,1-5H3/t9-/m0/s1. The number of ether oxygens (including phenoxy) is 1. The fraction of sp³-hybridized carbons (Fsp3) is 0.900. The summed E-state index contributed by atoms with van der Waals surface area (Å²) in [6.07, 6.45) is 0.549. The Morgan fingerprint density at radius 3 is 2.00 bits per heavy atom. The zero-order chi connectivity index (χ0) is 9.72. The van der Waals surface area contributed by atoms with Crippen molar-refractivity contribution in [1.82, 2.24) is 0 Å². The zero-order valence-electron chi connectivity index (χ0n) is 8.76. The van der Waals surface area contributed by atoms with Crippen molar-refractivity contribution in [3.05, 3.63) is 0 Å². The maximum Gasteiger partial charge on any atom is 0.306 e. The van der Waals surface area contributed by atoms with Crippen molar-refractivity contribution in [3.63, 3.8) is 0 Å². The van der Waals surface area contributed by atoms with Gasteiger partial charge in [0, 0.05) is 6.42 Å². The van der Waals surface area contributed by atoms with Crippen molar-refractivity contribution >= 4 is 5.97 Å². The predicted molar refractivity (Wildman–Crippen MR) is 49.8 cm³/mol. The van der Waals surface area contributed by atoms with E-state index in [0.717, 1.165) is 0 Å². The van der Waals surface area contributed by atoms with E-state index >= 15 is 0 Å². The Morgan fingerprint density at radius 1 is 1.17 bits per heavy atom. The van der Waals surface area contributed by atoms with Crippen molar-refractivity contribution in [1.29, 1.82) is 0 Å². The van der Waals surface area contributed by atoms with E-state index in [0.29, 0.717) is 18.3 Å². The number of rotatable bonds is 4. The molecule has 12 heavy (non-hydrogen) atoms. The maximum atomic E-state index is 11.1.